The van der Waals surface area contributed by atoms with Gasteiger partial charge in [0, 0.05) is 35.2 Å². The number of hydrogen-bond donors (Lipinski definition) is 1. The van der Waals surface area contributed by atoms with Gasteiger partial charge in [-0.25, -0.2) is 0 Å². The molecular formula is C24H28N2O5S. The highest BCUT2D eigenvalue weighted by molar-refractivity contribution is 7.16. The van der Waals surface area contributed by atoms with Gasteiger partial charge in [-0.1, -0.05) is 0 Å². The van der Waals surface area contributed by atoms with Gasteiger partial charge in [0.25, 0.3) is 5.91 Å². The fourth-order valence-electron chi connectivity index (χ4n) is 4.05. The zero-order valence-corrected chi connectivity index (χ0v) is 19.6. The second kappa shape index (κ2) is 9.77. The minimum absolute atomic E-state index is 0.114. The molecule has 7 nitrogen and oxygen atoms in total. The molecule has 1 amide bonds. The Morgan fingerprint density at radius 3 is 2.59 bits per heavy atom. The number of ether oxygens (including phenoxy) is 3. The lowest BCUT2D eigenvalue weighted by molar-refractivity contribution is 0.0236. The standard InChI is InChI=1S/C24H28N2O5S/c1-15-16(2)32-24(25-23(27)19-6-5-11-31-19)21(15)22(26-9-12-30-13-10-26)18-8-7-17(28-3)14-20(18)29-4/h5-8,11,14,22H,9-10,12-13H2,1-4H3,(H,25,27). The van der Waals surface area contributed by atoms with Crippen molar-refractivity contribution in [3.63, 3.8) is 0 Å². The first-order chi connectivity index (χ1) is 15.5. The Balaban J connectivity index is 1.82. The molecule has 4 rings (SSSR count). The topological polar surface area (TPSA) is 73.2 Å². The third kappa shape index (κ3) is 4.39. The molecular weight excluding hydrogens is 428 g/mol. The fourth-order valence-corrected chi connectivity index (χ4v) is 5.14. The Morgan fingerprint density at radius 1 is 1.16 bits per heavy atom. The van der Waals surface area contributed by atoms with E-state index in [2.05, 4.69) is 24.1 Å². The van der Waals surface area contributed by atoms with E-state index in [9.17, 15) is 4.79 Å². The lowest BCUT2D eigenvalue weighted by Crippen LogP contribution is -2.40. The number of nitrogens with one attached hydrogen (secondary N) is 1. The van der Waals surface area contributed by atoms with E-state index in [4.69, 9.17) is 18.6 Å². The summed E-state index contributed by atoms with van der Waals surface area (Å²) in [6.07, 6.45) is 1.50. The van der Waals surface area contributed by atoms with Crippen molar-refractivity contribution >= 4 is 22.2 Å². The molecule has 0 radical (unpaired) electrons. The number of rotatable bonds is 7. The van der Waals surface area contributed by atoms with Crippen molar-refractivity contribution in [3.05, 3.63) is 63.9 Å². The van der Waals surface area contributed by atoms with Gasteiger partial charge in [0.05, 0.1) is 39.7 Å². The van der Waals surface area contributed by atoms with Crippen LogP contribution in [0.4, 0.5) is 5.00 Å². The van der Waals surface area contributed by atoms with Crippen LogP contribution in [0, 0.1) is 13.8 Å². The summed E-state index contributed by atoms with van der Waals surface area (Å²) in [6.45, 7) is 7.05. The Labute approximate surface area is 191 Å². The molecule has 1 aromatic carbocycles. The number of benzene rings is 1. The van der Waals surface area contributed by atoms with E-state index in [1.54, 1.807) is 37.7 Å². The molecule has 8 heteroatoms. The molecule has 170 valence electrons. The van der Waals surface area contributed by atoms with Crippen LogP contribution in [0.25, 0.3) is 0 Å². The number of methoxy groups -OCH3 is 2. The number of morpholine rings is 1. The van der Waals surface area contributed by atoms with E-state index in [0.717, 1.165) is 51.2 Å². The van der Waals surface area contributed by atoms with Crippen LogP contribution in [0.3, 0.4) is 0 Å². The summed E-state index contributed by atoms with van der Waals surface area (Å²) in [7, 11) is 3.31. The van der Waals surface area contributed by atoms with Gasteiger partial charge in [-0.15, -0.1) is 11.3 Å². The number of aryl methyl sites for hydroxylation is 1. The van der Waals surface area contributed by atoms with Crippen molar-refractivity contribution < 1.29 is 23.4 Å². The van der Waals surface area contributed by atoms with Crippen LogP contribution in [0.1, 0.15) is 38.2 Å². The Bertz CT molecular complexity index is 1070. The number of amides is 1. The normalized spacial score (nSPS) is 15.4. The van der Waals surface area contributed by atoms with E-state index in [1.165, 1.54) is 6.26 Å². The molecule has 0 spiro atoms. The molecule has 32 heavy (non-hydrogen) atoms. The van der Waals surface area contributed by atoms with Gasteiger partial charge >= 0.3 is 0 Å². The van der Waals surface area contributed by atoms with Crippen LogP contribution in [-0.2, 0) is 4.74 Å². The predicted octanol–water partition coefficient (Wildman–Crippen LogP) is 4.65. The van der Waals surface area contributed by atoms with E-state index in [0.29, 0.717) is 13.2 Å². The van der Waals surface area contributed by atoms with Crippen LogP contribution in [-0.4, -0.2) is 51.3 Å². The van der Waals surface area contributed by atoms with Crippen LogP contribution in [0.2, 0.25) is 0 Å². The maximum absolute atomic E-state index is 12.8. The number of nitrogens with zero attached hydrogens (tertiary/aromatic N) is 1. The van der Waals surface area contributed by atoms with Crippen molar-refractivity contribution in [1.29, 1.82) is 0 Å². The summed E-state index contributed by atoms with van der Waals surface area (Å²) >= 11 is 1.58. The highest BCUT2D eigenvalue weighted by Gasteiger charge is 2.32. The number of hydrogen-bond acceptors (Lipinski definition) is 7. The molecule has 2 aromatic heterocycles. The summed E-state index contributed by atoms with van der Waals surface area (Å²) < 4.78 is 22.1. The molecule has 1 aliphatic heterocycles. The highest BCUT2D eigenvalue weighted by atomic mass is 32.1. The summed E-state index contributed by atoms with van der Waals surface area (Å²) in [4.78, 5) is 16.4. The summed E-state index contributed by atoms with van der Waals surface area (Å²) in [5, 5.41) is 3.90. The molecule has 0 aliphatic carbocycles. The molecule has 1 fully saturated rings. The molecule has 3 aromatic rings. The minimum Gasteiger partial charge on any atom is -0.497 e. The van der Waals surface area contributed by atoms with Gasteiger partial charge < -0.3 is 23.9 Å². The number of carbonyl (C=O) groups excluding carboxylic acids is 1. The largest absolute Gasteiger partial charge is 0.497 e. The van der Waals surface area contributed by atoms with Crippen molar-refractivity contribution in [2.24, 2.45) is 0 Å². The monoisotopic (exact) mass is 456 g/mol. The van der Waals surface area contributed by atoms with Gasteiger partial charge in [0.15, 0.2) is 5.76 Å². The first-order valence-electron chi connectivity index (χ1n) is 10.5. The molecule has 1 unspecified atom stereocenters. The zero-order chi connectivity index (χ0) is 22.7. The number of anilines is 1. The number of carbonyl (C=O) groups is 1. The summed E-state index contributed by atoms with van der Waals surface area (Å²) in [5.41, 5.74) is 3.24. The Kier molecular flexibility index (Phi) is 6.83. The summed E-state index contributed by atoms with van der Waals surface area (Å²) in [6, 6.07) is 9.15. The third-order valence-electron chi connectivity index (χ3n) is 5.82. The highest BCUT2D eigenvalue weighted by Crippen LogP contribution is 2.45. The van der Waals surface area contributed by atoms with Gasteiger partial charge in [-0.3, -0.25) is 9.69 Å². The predicted molar refractivity (Wildman–Crippen MR) is 124 cm³/mol. The second-order valence-electron chi connectivity index (χ2n) is 7.62. The van der Waals surface area contributed by atoms with Gasteiger partial charge in [0.2, 0.25) is 0 Å². The van der Waals surface area contributed by atoms with Gasteiger partial charge in [0.1, 0.15) is 16.5 Å². The van der Waals surface area contributed by atoms with E-state index >= 15 is 0 Å². The zero-order valence-electron chi connectivity index (χ0n) is 18.8. The van der Waals surface area contributed by atoms with Crippen molar-refractivity contribution in [2.45, 2.75) is 19.9 Å². The van der Waals surface area contributed by atoms with Crippen LogP contribution in [0.5, 0.6) is 11.5 Å². The molecule has 0 saturated carbocycles. The number of thiophene rings is 1. The van der Waals surface area contributed by atoms with E-state index < -0.39 is 0 Å². The van der Waals surface area contributed by atoms with Crippen molar-refractivity contribution in [2.75, 3.05) is 45.8 Å². The maximum Gasteiger partial charge on any atom is 0.291 e. The lowest BCUT2D eigenvalue weighted by atomic mass is 9.93. The van der Waals surface area contributed by atoms with E-state index in [-0.39, 0.29) is 17.7 Å². The van der Waals surface area contributed by atoms with Crippen LogP contribution < -0.4 is 14.8 Å². The Hall–Kier alpha value is -2.81. The molecule has 1 aliphatic rings. The average Bonchev–Trinajstić information content (AvgIpc) is 3.45. The minimum atomic E-state index is -0.264. The molecule has 1 atom stereocenters. The fraction of sp³-hybridized carbons (Fsp3) is 0.375. The van der Waals surface area contributed by atoms with Crippen molar-refractivity contribution in [1.82, 2.24) is 4.90 Å². The molecule has 1 N–H and O–H groups in total. The molecule has 0 bridgehead atoms. The lowest BCUT2D eigenvalue weighted by Gasteiger charge is -2.36. The van der Waals surface area contributed by atoms with Crippen LogP contribution >= 0.6 is 11.3 Å². The second-order valence-corrected chi connectivity index (χ2v) is 8.84. The smallest absolute Gasteiger partial charge is 0.291 e. The molecule has 1 saturated heterocycles. The van der Waals surface area contributed by atoms with E-state index in [1.807, 2.05) is 18.2 Å². The first-order valence-corrected chi connectivity index (χ1v) is 11.3. The SMILES string of the molecule is COc1ccc(C(c2c(NC(=O)c3ccco3)sc(C)c2C)N2CCOCC2)c(OC)c1. The van der Waals surface area contributed by atoms with Gasteiger partial charge in [-0.2, -0.15) is 0 Å². The van der Waals surface area contributed by atoms with Crippen LogP contribution in [0.15, 0.2) is 41.0 Å². The first kappa shape index (κ1) is 22.4. The van der Waals surface area contributed by atoms with Gasteiger partial charge in [-0.05, 0) is 43.7 Å². The van der Waals surface area contributed by atoms with Crippen molar-refractivity contribution in [3.8, 4) is 11.5 Å². The Morgan fingerprint density at radius 2 is 1.94 bits per heavy atom. The quantitative estimate of drug-likeness (QED) is 0.558. The average molecular weight is 457 g/mol. The summed E-state index contributed by atoms with van der Waals surface area (Å²) in [5.74, 6) is 1.49. The third-order valence-corrected chi connectivity index (χ3v) is 6.96. The molecule has 3 heterocycles. The number of furan rings is 1. The maximum atomic E-state index is 12.8.